The molecule has 0 saturated carbocycles. The Kier molecular flexibility index (Phi) is 5.62. The zero-order valence-corrected chi connectivity index (χ0v) is 18.5. The number of carbonyl (C=O) groups is 2. The molecule has 2 fully saturated rings. The van der Waals surface area contributed by atoms with E-state index in [0.29, 0.717) is 36.7 Å². The molecule has 6 nitrogen and oxygen atoms in total. The second kappa shape index (κ2) is 8.06. The molecule has 30 heavy (non-hydrogen) atoms. The van der Waals surface area contributed by atoms with Crippen LogP contribution in [-0.2, 0) is 4.79 Å². The van der Waals surface area contributed by atoms with E-state index < -0.39 is 0 Å². The van der Waals surface area contributed by atoms with Crippen molar-refractivity contribution >= 4 is 22.7 Å². The minimum absolute atomic E-state index is 0.00817. The molecule has 2 aromatic rings. The fourth-order valence-electron chi connectivity index (χ4n) is 5.19. The Labute approximate surface area is 178 Å². The Bertz CT molecular complexity index is 928. The summed E-state index contributed by atoms with van der Waals surface area (Å²) in [5.74, 6) is 0.576. The predicted molar refractivity (Wildman–Crippen MR) is 120 cm³/mol. The van der Waals surface area contributed by atoms with Gasteiger partial charge in [-0.1, -0.05) is 11.6 Å². The van der Waals surface area contributed by atoms with Crippen molar-refractivity contribution in [2.45, 2.75) is 71.0 Å². The van der Waals surface area contributed by atoms with E-state index in [4.69, 9.17) is 0 Å². The topological polar surface area (TPSA) is 77.2 Å². The van der Waals surface area contributed by atoms with Crippen molar-refractivity contribution in [3.05, 3.63) is 35.5 Å². The number of aromatic nitrogens is 1. The van der Waals surface area contributed by atoms with Gasteiger partial charge in [0.15, 0.2) is 0 Å². The molecular formula is C24H34N4O2. The van der Waals surface area contributed by atoms with Crippen LogP contribution in [-0.4, -0.2) is 52.4 Å². The number of benzene rings is 1. The maximum absolute atomic E-state index is 12.8. The summed E-state index contributed by atoms with van der Waals surface area (Å²) >= 11 is 0. The van der Waals surface area contributed by atoms with Gasteiger partial charge in [0, 0.05) is 41.3 Å². The van der Waals surface area contributed by atoms with Crippen molar-refractivity contribution in [1.29, 1.82) is 0 Å². The summed E-state index contributed by atoms with van der Waals surface area (Å²) < 4.78 is 0. The maximum atomic E-state index is 12.8. The molecule has 0 aliphatic carbocycles. The predicted octanol–water partition coefficient (Wildman–Crippen LogP) is 3.36. The summed E-state index contributed by atoms with van der Waals surface area (Å²) in [4.78, 5) is 30.8. The van der Waals surface area contributed by atoms with Crippen molar-refractivity contribution in [2.75, 3.05) is 13.1 Å². The molecule has 3 heterocycles. The number of fused-ring (bicyclic) bond motifs is 3. The lowest BCUT2D eigenvalue weighted by Gasteiger charge is -2.39. The molecule has 162 valence electrons. The van der Waals surface area contributed by atoms with Gasteiger partial charge in [0.25, 0.3) is 5.91 Å². The van der Waals surface area contributed by atoms with Crippen LogP contribution in [0.5, 0.6) is 0 Å². The third-order valence-electron chi connectivity index (χ3n) is 6.46. The Morgan fingerprint density at radius 1 is 1.17 bits per heavy atom. The first-order chi connectivity index (χ1) is 14.2. The molecule has 0 unspecified atom stereocenters. The normalized spacial score (nSPS) is 24.2. The molecular weight excluding hydrogens is 376 g/mol. The van der Waals surface area contributed by atoms with Crippen LogP contribution in [0.1, 0.15) is 62.4 Å². The Hall–Kier alpha value is -2.34. The molecule has 6 heteroatoms. The maximum Gasteiger partial charge on any atom is 0.253 e. The first kappa shape index (κ1) is 20.9. The number of H-pyrrole nitrogens is 1. The quantitative estimate of drug-likeness (QED) is 0.707. The fraction of sp³-hybridized carbons (Fsp3) is 0.583. The number of nitrogens with one attached hydrogen (secondary N) is 3. The number of hydrogen-bond acceptors (Lipinski definition) is 3. The van der Waals surface area contributed by atoms with E-state index in [1.165, 1.54) is 0 Å². The van der Waals surface area contributed by atoms with E-state index in [2.05, 4.69) is 26.6 Å². The monoisotopic (exact) mass is 410 g/mol. The zero-order chi connectivity index (χ0) is 21.5. The first-order valence-corrected chi connectivity index (χ1v) is 11.1. The Morgan fingerprint density at radius 3 is 2.53 bits per heavy atom. The van der Waals surface area contributed by atoms with Gasteiger partial charge in [0.05, 0.1) is 12.1 Å². The summed E-state index contributed by atoms with van der Waals surface area (Å²) in [6.45, 7) is 9.28. The van der Waals surface area contributed by atoms with Crippen LogP contribution in [0.15, 0.2) is 24.4 Å². The van der Waals surface area contributed by atoms with Crippen LogP contribution >= 0.6 is 0 Å². The van der Waals surface area contributed by atoms with Gasteiger partial charge in [0.2, 0.25) is 5.91 Å². The number of amides is 2. The van der Waals surface area contributed by atoms with Gasteiger partial charge in [-0.2, -0.15) is 0 Å². The van der Waals surface area contributed by atoms with E-state index in [1.807, 2.05) is 39.8 Å². The lowest BCUT2D eigenvalue weighted by molar-refractivity contribution is -0.125. The van der Waals surface area contributed by atoms with E-state index in [0.717, 1.165) is 42.1 Å². The average Bonchev–Trinajstić information content (AvgIpc) is 3.15. The van der Waals surface area contributed by atoms with Crippen molar-refractivity contribution in [2.24, 2.45) is 5.92 Å². The Morgan fingerprint density at radius 2 is 1.87 bits per heavy atom. The summed E-state index contributed by atoms with van der Waals surface area (Å²) in [5, 5.41) is 7.22. The summed E-state index contributed by atoms with van der Waals surface area (Å²) in [5.41, 5.74) is 2.66. The first-order valence-electron chi connectivity index (χ1n) is 11.1. The lowest BCUT2D eigenvalue weighted by atomic mass is 9.90. The largest absolute Gasteiger partial charge is 0.360 e. The van der Waals surface area contributed by atoms with Gasteiger partial charge in [-0.25, -0.2) is 0 Å². The molecule has 2 bridgehead atoms. The third-order valence-corrected chi connectivity index (χ3v) is 6.46. The van der Waals surface area contributed by atoms with Crippen LogP contribution in [0.25, 0.3) is 10.9 Å². The van der Waals surface area contributed by atoms with E-state index in [-0.39, 0.29) is 17.4 Å². The molecule has 2 saturated heterocycles. The molecule has 2 aliphatic rings. The molecule has 1 aromatic carbocycles. The standard InChI is InChI=1S/C24H34N4O2/c1-15-5-8-21-19(9-15)20(13-25-21)23(30)26-12-16-10-17-6-7-18(11-16)28(17)14-22(29)27-24(2,3)4/h5,8-9,13,16-18,25H,6-7,10-12,14H2,1-4H3,(H,26,30)(H,27,29)/t16-,17-,18+. The SMILES string of the molecule is Cc1ccc2[nH]cc(C(=O)NC[C@@H]3C[C@H]4CC[C@@H](C3)N4CC(=O)NC(C)(C)C)c2c1. The van der Waals surface area contributed by atoms with Crippen LogP contribution in [0.4, 0.5) is 0 Å². The van der Waals surface area contributed by atoms with Gasteiger partial charge >= 0.3 is 0 Å². The van der Waals surface area contributed by atoms with E-state index >= 15 is 0 Å². The van der Waals surface area contributed by atoms with E-state index in [9.17, 15) is 9.59 Å². The van der Waals surface area contributed by atoms with Gasteiger partial charge in [-0.3, -0.25) is 14.5 Å². The van der Waals surface area contributed by atoms with Gasteiger partial charge < -0.3 is 15.6 Å². The number of hydrogen-bond donors (Lipinski definition) is 3. The number of aromatic amines is 1. The van der Waals surface area contributed by atoms with Gasteiger partial charge in [0.1, 0.15) is 0 Å². The van der Waals surface area contributed by atoms with Crippen LogP contribution in [0, 0.1) is 12.8 Å². The van der Waals surface area contributed by atoms with Crippen LogP contribution < -0.4 is 10.6 Å². The van der Waals surface area contributed by atoms with Gasteiger partial charge in [-0.15, -0.1) is 0 Å². The lowest BCUT2D eigenvalue weighted by Crippen LogP contribution is -2.52. The van der Waals surface area contributed by atoms with Crippen LogP contribution in [0.2, 0.25) is 0 Å². The van der Waals surface area contributed by atoms with Crippen molar-refractivity contribution in [3.63, 3.8) is 0 Å². The highest BCUT2D eigenvalue weighted by Crippen LogP contribution is 2.38. The summed E-state index contributed by atoms with van der Waals surface area (Å²) in [6, 6.07) is 7.03. The smallest absolute Gasteiger partial charge is 0.253 e. The zero-order valence-electron chi connectivity index (χ0n) is 18.5. The highest BCUT2D eigenvalue weighted by Gasteiger charge is 2.41. The molecule has 2 amide bonds. The van der Waals surface area contributed by atoms with Gasteiger partial charge in [-0.05, 0) is 71.4 Å². The highest BCUT2D eigenvalue weighted by atomic mass is 16.2. The molecule has 3 N–H and O–H groups in total. The van der Waals surface area contributed by atoms with E-state index in [1.54, 1.807) is 6.20 Å². The van der Waals surface area contributed by atoms with Crippen molar-refractivity contribution in [1.82, 2.24) is 20.5 Å². The second-order valence-electron chi connectivity index (χ2n) is 10.2. The minimum Gasteiger partial charge on any atom is -0.360 e. The van der Waals surface area contributed by atoms with Crippen LogP contribution in [0.3, 0.4) is 0 Å². The molecule has 0 radical (unpaired) electrons. The number of nitrogens with zero attached hydrogens (tertiary/aromatic N) is 1. The second-order valence-corrected chi connectivity index (χ2v) is 10.2. The average molecular weight is 411 g/mol. The number of aryl methyl sites for hydroxylation is 1. The number of rotatable bonds is 5. The molecule has 4 rings (SSSR count). The molecule has 3 atom stereocenters. The van der Waals surface area contributed by atoms with Crippen molar-refractivity contribution < 1.29 is 9.59 Å². The molecule has 2 aliphatic heterocycles. The summed E-state index contributed by atoms with van der Waals surface area (Å²) in [6.07, 6.45) is 6.21. The minimum atomic E-state index is -0.195. The third kappa shape index (κ3) is 4.53. The highest BCUT2D eigenvalue weighted by molar-refractivity contribution is 6.06. The molecule has 1 aromatic heterocycles. The Balaban J connectivity index is 1.32. The molecule has 0 spiro atoms. The summed E-state index contributed by atoms with van der Waals surface area (Å²) in [7, 11) is 0. The number of carbonyl (C=O) groups excluding carboxylic acids is 2. The van der Waals surface area contributed by atoms with Crippen molar-refractivity contribution in [3.8, 4) is 0 Å². The fourth-order valence-corrected chi connectivity index (χ4v) is 5.19. The number of piperidine rings is 1.